The maximum Gasteiger partial charge on any atom is 0.407 e. The van der Waals surface area contributed by atoms with Gasteiger partial charge in [-0.15, -0.1) is 0 Å². The van der Waals surface area contributed by atoms with Crippen LogP contribution in [0.3, 0.4) is 0 Å². The van der Waals surface area contributed by atoms with Crippen molar-refractivity contribution in [1.82, 2.24) is 5.32 Å². The predicted octanol–water partition coefficient (Wildman–Crippen LogP) is 2.35. The molecule has 0 bridgehead atoms. The maximum absolute atomic E-state index is 13.0. The summed E-state index contributed by atoms with van der Waals surface area (Å²) >= 11 is 0. The Morgan fingerprint density at radius 2 is 2.17 bits per heavy atom. The molecule has 3 N–H and O–H groups in total. The van der Waals surface area contributed by atoms with E-state index in [1.807, 2.05) is 0 Å². The molecule has 0 aliphatic carbocycles. The fourth-order valence-corrected chi connectivity index (χ4v) is 1.36. The van der Waals surface area contributed by atoms with Crippen molar-refractivity contribution in [2.75, 3.05) is 6.54 Å². The molecular formula is C13H19FN2O2. The van der Waals surface area contributed by atoms with Crippen molar-refractivity contribution in [1.29, 1.82) is 0 Å². The minimum absolute atomic E-state index is 0.193. The van der Waals surface area contributed by atoms with Crippen LogP contribution in [0.4, 0.5) is 9.18 Å². The molecule has 1 unspecified atom stereocenters. The van der Waals surface area contributed by atoms with Crippen LogP contribution in [0.2, 0.25) is 0 Å². The predicted molar refractivity (Wildman–Crippen MR) is 67.6 cm³/mol. The third kappa shape index (κ3) is 5.14. The fourth-order valence-electron chi connectivity index (χ4n) is 1.36. The molecule has 0 aliphatic rings. The number of alkyl carbamates (subject to hydrolysis) is 1. The molecule has 0 fully saturated rings. The van der Waals surface area contributed by atoms with E-state index in [-0.39, 0.29) is 12.4 Å². The largest absolute Gasteiger partial charge is 0.444 e. The number of nitrogens with one attached hydrogen (secondary N) is 1. The number of carbonyl (C=O) groups excluding carboxylic acids is 1. The molecule has 0 aliphatic heterocycles. The summed E-state index contributed by atoms with van der Waals surface area (Å²) in [5.41, 5.74) is 5.92. The summed E-state index contributed by atoms with van der Waals surface area (Å²) in [7, 11) is 0. The molecule has 0 saturated heterocycles. The van der Waals surface area contributed by atoms with Gasteiger partial charge in [-0.2, -0.15) is 0 Å². The number of benzene rings is 1. The minimum Gasteiger partial charge on any atom is -0.444 e. The Morgan fingerprint density at radius 3 is 2.72 bits per heavy atom. The van der Waals surface area contributed by atoms with E-state index in [0.29, 0.717) is 5.56 Å². The number of rotatable bonds is 3. The minimum atomic E-state index is -0.549. The average Bonchev–Trinajstić information content (AvgIpc) is 2.23. The van der Waals surface area contributed by atoms with E-state index in [4.69, 9.17) is 10.5 Å². The lowest BCUT2D eigenvalue weighted by molar-refractivity contribution is 0.0524. The Kier molecular flexibility index (Phi) is 4.67. The highest BCUT2D eigenvalue weighted by Gasteiger charge is 2.16. The third-order valence-corrected chi connectivity index (χ3v) is 2.14. The molecule has 100 valence electrons. The molecule has 0 heterocycles. The van der Waals surface area contributed by atoms with Crippen molar-refractivity contribution in [3.05, 3.63) is 35.6 Å². The monoisotopic (exact) mass is 254 g/mol. The zero-order valence-electron chi connectivity index (χ0n) is 10.9. The molecular weight excluding hydrogens is 235 g/mol. The lowest BCUT2D eigenvalue weighted by Crippen LogP contribution is -2.36. The topological polar surface area (TPSA) is 64.3 Å². The van der Waals surface area contributed by atoms with Gasteiger partial charge in [0.2, 0.25) is 0 Å². The second kappa shape index (κ2) is 5.82. The molecule has 0 aromatic heterocycles. The normalized spacial score (nSPS) is 12.9. The van der Waals surface area contributed by atoms with Crippen molar-refractivity contribution in [3.8, 4) is 0 Å². The Hall–Kier alpha value is -1.62. The second-order valence-corrected chi connectivity index (χ2v) is 5.04. The molecule has 0 saturated carbocycles. The van der Waals surface area contributed by atoms with E-state index in [1.165, 1.54) is 12.1 Å². The smallest absolute Gasteiger partial charge is 0.407 e. The Balaban J connectivity index is 2.46. The standard InChI is InChI=1S/C13H19FN2O2/c1-13(2,3)18-12(17)16-8-11(15)9-5-4-6-10(14)7-9/h4-7,11H,8,15H2,1-3H3,(H,16,17). The number of amides is 1. The van der Waals surface area contributed by atoms with Crippen LogP contribution in [0.1, 0.15) is 32.4 Å². The van der Waals surface area contributed by atoms with Gasteiger partial charge in [-0.3, -0.25) is 0 Å². The average molecular weight is 254 g/mol. The SMILES string of the molecule is CC(C)(C)OC(=O)NCC(N)c1cccc(F)c1. The summed E-state index contributed by atoms with van der Waals surface area (Å²) in [6.45, 7) is 5.52. The van der Waals surface area contributed by atoms with Gasteiger partial charge < -0.3 is 15.8 Å². The summed E-state index contributed by atoms with van der Waals surface area (Å²) in [6.07, 6.45) is -0.533. The Morgan fingerprint density at radius 1 is 1.50 bits per heavy atom. The van der Waals surface area contributed by atoms with Gasteiger partial charge in [0.15, 0.2) is 0 Å². The van der Waals surface area contributed by atoms with E-state index >= 15 is 0 Å². The van der Waals surface area contributed by atoms with Crippen LogP contribution < -0.4 is 11.1 Å². The molecule has 5 heteroatoms. The fraction of sp³-hybridized carbons (Fsp3) is 0.462. The molecule has 0 spiro atoms. The number of halogens is 1. The van der Waals surface area contributed by atoms with Crippen molar-refractivity contribution in [2.24, 2.45) is 5.73 Å². The van der Waals surface area contributed by atoms with Gasteiger partial charge in [0.05, 0.1) is 0 Å². The van der Waals surface area contributed by atoms with Gasteiger partial charge in [-0.1, -0.05) is 12.1 Å². The Labute approximate surface area is 106 Å². The lowest BCUT2D eigenvalue weighted by Gasteiger charge is -2.20. The first-order valence-corrected chi connectivity index (χ1v) is 5.76. The summed E-state index contributed by atoms with van der Waals surface area (Å²) in [5, 5.41) is 2.55. The van der Waals surface area contributed by atoms with E-state index in [9.17, 15) is 9.18 Å². The zero-order valence-corrected chi connectivity index (χ0v) is 10.9. The van der Waals surface area contributed by atoms with E-state index in [0.717, 1.165) is 0 Å². The number of ether oxygens (including phenoxy) is 1. The van der Waals surface area contributed by atoms with Gasteiger partial charge in [-0.25, -0.2) is 9.18 Å². The summed E-state index contributed by atoms with van der Waals surface area (Å²) in [6, 6.07) is 5.52. The quantitative estimate of drug-likeness (QED) is 0.870. The highest BCUT2D eigenvalue weighted by molar-refractivity contribution is 5.67. The van der Waals surface area contributed by atoms with E-state index < -0.39 is 17.7 Å². The number of hydrogen-bond donors (Lipinski definition) is 2. The van der Waals surface area contributed by atoms with Gasteiger partial charge in [-0.05, 0) is 38.5 Å². The van der Waals surface area contributed by atoms with Crippen LogP contribution in [0.15, 0.2) is 24.3 Å². The molecule has 1 aromatic carbocycles. The first kappa shape index (κ1) is 14.4. The third-order valence-electron chi connectivity index (χ3n) is 2.14. The van der Waals surface area contributed by atoms with Crippen LogP contribution >= 0.6 is 0 Å². The number of hydrogen-bond acceptors (Lipinski definition) is 3. The maximum atomic E-state index is 13.0. The Bertz CT molecular complexity index is 416. The highest BCUT2D eigenvalue weighted by Crippen LogP contribution is 2.11. The van der Waals surface area contributed by atoms with Crippen molar-refractivity contribution in [3.63, 3.8) is 0 Å². The second-order valence-electron chi connectivity index (χ2n) is 5.04. The first-order chi connectivity index (χ1) is 8.28. The van der Waals surface area contributed by atoms with Crippen LogP contribution in [0.5, 0.6) is 0 Å². The van der Waals surface area contributed by atoms with Crippen LogP contribution in [-0.2, 0) is 4.74 Å². The summed E-state index contributed by atoms with van der Waals surface area (Å²) < 4.78 is 18.0. The van der Waals surface area contributed by atoms with Crippen LogP contribution in [0.25, 0.3) is 0 Å². The van der Waals surface area contributed by atoms with Gasteiger partial charge >= 0.3 is 6.09 Å². The zero-order chi connectivity index (χ0) is 13.8. The van der Waals surface area contributed by atoms with Crippen molar-refractivity contribution in [2.45, 2.75) is 32.4 Å². The van der Waals surface area contributed by atoms with E-state index in [1.54, 1.807) is 32.9 Å². The molecule has 0 radical (unpaired) electrons. The van der Waals surface area contributed by atoms with Gasteiger partial charge in [0.25, 0.3) is 0 Å². The molecule has 1 atom stereocenters. The van der Waals surface area contributed by atoms with Crippen molar-refractivity contribution >= 4 is 6.09 Å². The summed E-state index contributed by atoms with van der Waals surface area (Å²) in [5.74, 6) is -0.347. The molecule has 1 rings (SSSR count). The number of nitrogens with two attached hydrogens (primary N) is 1. The highest BCUT2D eigenvalue weighted by atomic mass is 19.1. The van der Waals surface area contributed by atoms with Crippen molar-refractivity contribution < 1.29 is 13.9 Å². The summed E-state index contributed by atoms with van der Waals surface area (Å²) in [4.78, 5) is 11.4. The van der Waals surface area contributed by atoms with Gasteiger partial charge in [0.1, 0.15) is 11.4 Å². The van der Waals surface area contributed by atoms with Gasteiger partial charge in [0, 0.05) is 12.6 Å². The first-order valence-electron chi connectivity index (χ1n) is 5.76. The number of carbonyl (C=O) groups is 1. The molecule has 1 amide bonds. The van der Waals surface area contributed by atoms with Crippen LogP contribution in [-0.4, -0.2) is 18.2 Å². The van der Waals surface area contributed by atoms with E-state index in [2.05, 4.69) is 5.32 Å². The molecule has 18 heavy (non-hydrogen) atoms. The lowest BCUT2D eigenvalue weighted by atomic mass is 10.1. The van der Waals surface area contributed by atoms with Crippen LogP contribution in [0, 0.1) is 5.82 Å². The molecule has 4 nitrogen and oxygen atoms in total. The molecule has 1 aromatic rings.